The number of nitrogens with zero attached hydrogens (tertiary/aromatic N) is 3. The lowest BCUT2D eigenvalue weighted by atomic mass is 10.3. The molecule has 0 unspecified atom stereocenters. The first-order chi connectivity index (χ1) is 9.81. The van der Waals surface area contributed by atoms with E-state index in [0.717, 1.165) is 19.1 Å². The highest BCUT2D eigenvalue weighted by Crippen LogP contribution is 2.21. The molecule has 114 valence electrons. The monoisotopic (exact) mass is 373 g/mol. The van der Waals surface area contributed by atoms with E-state index in [1.165, 1.54) is 0 Å². The summed E-state index contributed by atoms with van der Waals surface area (Å²) in [6.07, 6.45) is 0. The Kier molecular flexibility index (Phi) is 4.80. The molecule has 0 radical (unpaired) electrons. The van der Waals surface area contributed by atoms with Crippen molar-refractivity contribution in [3.05, 3.63) is 20.8 Å². The van der Waals surface area contributed by atoms with Gasteiger partial charge in [0.05, 0.1) is 6.67 Å². The molecule has 0 N–H and O–H groups in total. The Balaban J connectivity index is 2.03. The summed E-state index contributed by atoms with van der Waals surface area (Å²) in [4.78, 5) is 40.8. The van der Waals surface area contributed by atoms with Gasteiger partial charge in [0.2, 0.25) is 0 Å². The summed E-state index contributed by atoms with van der Waals surface area (Å²) in [6.45, 7) is 4.12. The number of halogens is 1. The van der Waals surface area contributed by atoms with E-state index >= 15 is 0 Å². The number of imide groups is 2. The molecule has 0 aromatic carbocycles. The lowest BCUT2D eigenvalue weighted by molar-refractivity contribution is -0.144. The van der Waals surface area contributed by atoms with Crippen molar-refractivity contribution in [2.24, 2.45) is 0 Å². The quantitative estimate of drug-likeness (QED) is 0.585. The Morgan fingerprint density at radius 2 is 1.95 bits per heavy atom. The summed E-state index contributed by atoms with van der Waals surface area (Å²) in [7, 11) is 1.80. The second-order valence-corrected chi connectivity index (χ2v) is 7.08. The van der Waals surface area contributed by atoms with Gasteiger partial charge in [0, 0.05) is 27.3 Å². The molecule has 0 bridgehead atoms. The first-order valence-electron chi connectivity index (χ1n) is 6.41. The van der Waals surface area contributed by atoms with E-state index in [4.69, 9.17) is 0 Å². The zero-order chi connectivity index (χ0) is 15.7. The van der Waals surface area contributed by atoms with Crippen molar-refractivity contribution in [2.75, 3.05) is 13.7 Å². The van der Waals surface area contributed by atoms with Gasteiger partial charge in [0.15, 0.2) is 0 Å². The van der Waals surface area contributed by atoms with Gasteiger partial charge in [-0.3, -0.25) is 19.4 Å². The fourth-order valence-corrected chi connectivity index (χ4v) is 3.63. The van der Waals surface area contributed by atoms with E-state index < -0.39 is 17.8 Å². The number of carbonyl (C=O) groups is 3. The van der Waals surface area contributed by atoms with Crippen LogP contribution < -0.4 is 0 Å². The maximum absolute atomic E-state index is 12.1. The van der Waals surface area contributed by atoms with Gasteiger partial charge in [0.1, 0.15) is 0 Å². The summed E-state index contributed by atoms with van der Waals surface area (Å²) >= 11 is 4.97. The number of rotatable bonds is 5. The molecule has 1 aromatic heterocycles. The molecule has 2 heterocycles. The molecule has 0 atom stereocenters. The molecule has 4 amide bonds. The maximum atomic E-state index is 12.1. The Morgan fingerprint density at radius 1 is 1.29 bits per heavy atom. The van der Waals surface area contributed by atoms with Crippen molar-refractivity contribution in [1.29, 1.82) is 0 Å². The highest BCUT2D eigenvalue weighted by Gasteiger charge is 2.45. The third-order valence-electron chi connectivity index (χ3n) is 3.03. The molecule has 1 aliphatic heterocycles. The molecule has 0 saturated carbocycles. The van der Waals surface area contributed by atoms with Gasteiger partial charge in [-0.15, -0.1) is 11.3 Å². The fraction of sp³-hybridized carbons (Fsp3) is 0.462. The SMILES string of the molecule is CC(C)N1C(=O)C(=O)N(CN(C)Cc2cc(Br)cs2)C1=O. The summed E-state index contributed by atoms with van der Waals surface area (Å²) in [5.74, 6) is -1.50. The van der Waals surface area contributed by atoms with Crippen molar-refractivity contribution >= 4 is 45.1 Å². The van der Waals surface area contributed by atoms with Crippen molar-refractivity contribution in [3.8, 4) is 0 Å². The second-order valence-electron chi connectivity index (χ2n) is 5.17. The molecule has 1 aliphatic rings. The largest absolute Gasteiger partial charge is 0.335 e. The molecular weight excluding hydrogens is 358 g/mol. The van der Waals surface area contributed by atoms with Gasteiger partial charge in [-0.05, 0) is 42.9 Å². The molecule has 1 fully saturated rings. The van der Waals surface area contributed by atoms with Crippen LogP contribution >= 0.6 is 27.3 Å². The van der Waals surface area contributed by atoms with Crippen LogP contribution in [0, 0.1) is 0 Å². The average Bonchev–Trinajstić information content (AvgIpc) is 2.87. The Labute approximate surface area is 135 Å². The second kappa shape index (κ2) is 6.25. The molecule has 6 nitrogen and oxygen atoms in total. The maximum Gasteiger partial charge on any atom is 0.335 e. The third kappa shape index (κ3) is 3.33. The van der Waals surface area contributed by atoms with Crippen LogP contribution in [0.3, 0.4) is 0 Å². The van der Waals surface area contributed by atoms with Gasteiger partial charge in [-0.25, -0.2) is 9.69 Å². The minimum absolute atomic E-state index is 0.0994. The third-order valence-corrected chi connectivity index (χ3v) is 4.71. The average molecular weight is 374 g/mol. The van der Waals surface area contributed by atoms with Crippen LogP contribution in [0.15, 0.2) is 15.9 Å². The summed E-state index contributed by atoms with van der Waals surface area (Å²) in [6, 6.07) is 1.12. The minimum Gasteiger partial charge on any atom is -0.283 e. The van der Waals surface area contributed by atoms with Gasteiger partial charge < -0.3 is 0 Å². The van der Waals surface area contributed by atoms with E-state index in [9.17, 15) is 14.4 Å². The number of carbonyl (C=O) groups excluding carboxylic acids is 3. The molecule has 0 spiro atoms. The van der Waals surface area contributed by atoms with Crippen LogP contribution in [0.4, 0.5) is 4.79 Å². The normalized spacial score (nSPS) is 16.0. The molecule has 8 heteroatoms. The van der Waals surface area contributed by atoms with Crippen LogP contribution in [-0.4, -0.2) is 52.3 Å². The Bertz CT molecular complexity index is 587. The zero-order valence-electron chi connectivity index (χ0n) is 12.0. The lowest BCUT2D eigenvalue weighted by Gasteiger charge is -2.22. The zero-order valence-corrected chi connectivity index (χ0v) is 14.4. The smallest absolute Gasteiger partial charge is 0.283 e. The highest BCUT2D eigenvalue weighted by atomic mass is 79.9. The number of hydrogen-bond donors (Lipinski definition) is 0. The highest BCUT2D eigenvalue weighted by molar-refractivity contribution is 9.10. The fourth-order valence-electron chi connectivity index (χ4n) is 2.10. The van der Waals surface area contributed by atoms with E-state index in [1.807, 2.05) is 16.3 Å². The minimum atomic E-state index is -0.757. The Hall–Kier alpha value is -1.25. The van der Waals surface area contributed by atoms with Crippen molar-refractivity contribution in [3.63, 3.8) is 0 Å². The molecule has 2 rings (SSSR count). The number of thiophene rings is 1. The predicted molar refractivity (Wildman–Crippen MR) is 82.6 cm³/mol. The van der Waals surface area contributed by atoms with Crippen molar-refractivity contribution in [1.82, 2.24) is 14.7 Å². The van der Waals surface area contributed by atoms with Crippen LogP contribution in [-0.2, 0) is 16.1 Å². The number of hydrogen-bond acceptors (Lipinski definition) is 5. The van der Waals surface area contributed by atoms with Gasteiger partial charge in [-0.1, -0.05) is 0 Å². The van der Waals surface area contributed by atoms with Crippen molar-refractivity contribution < 1.29 is 14.4 Å². The van der Waals surface area contributed by atoms with E-state index in [-0.39, 0.29) is 12.7 Å². The van der Waals surface area contributed by atoms with Gasteiger partial charge in [-0.2, -0.15) is 0 Å². The number of amides is 4. The van der Waals surface area contributed by atoms with Crippen LogP contribution in [0.25, 0.3) is 0 Å². The van der Waals surface area contributed by atoms with Crippen LogP contribution in [0.1, 0.15) is 18.7 Å². The van der Waals surface area contributed by atoms with Crippen molar-refractivity contribution in [2.45, 2.75) is 26.4 Å². The molecule has 0 aliphatic carbocycles. The molecule has 21 heavy (non-hydrogen) atoms. The van der Waals surface area contributed by atoms with Crippen LogP contribution in [0.2, 0.25) is 0 Å². The topological polar surface area (TPSA) is 60.9 Å². The predicted octanol–water partition coefficient (Wildman–Crippen LogP) is 2.10. The number of urea groups is 1. The Morgan fingerprint density at radius 3 is 2.43 bits per heavy atom. The summed E-state index contributed by atoms with van der Waals surface area (Å²) in [5.41, 5.74) is 0. The first-order valence-corrected chi connectivity index (χ1v) is 8.09. The van der Waals surface area contributed by atoms with E-state index in [2.05, 4.69) is 15.9 Å². The van der Waals surface area contributed by atoms with Crippen LogP contribution in [0.5, 0.6) is 0 Å². The van der Waals surface area contributed by atoms with E-state index in [0.29, 0.717) is 6.54 Å². The molecule has 1 aromatic rings. The molecular formula is C13H16BrN3O3S. The summed E-state index contributed by atoms with van der Waals surface area (Å²) in [5, 5.41) is 1.97. The first kappa shape index (κ1) is 16.1. The standard InChI is InChI=1S/C13H16BrN3O3S/c1-8(2)17-12(19)11(18)16(13(17)20)7-15(3)5-10-4-9(14)6-21-10/h4,6,8H,5,7H2,1-3H3. The van der Waals surface area contributed by atoms with Gasteiger partial charge >= 0.3 is 17.8 Å². The summed E-state index contributed by atoms with van der Waals surface area (Å²) < 4.78 is 1.00. The lowest BCUT2D eigenvalue weighted by Crippen LogP contribution is -2.41. The van der Waals surface area contributed by atoms with Gasteiger partial charge in [0.25, 0.3) is 0 Å². The van der Waals surface area contributed by atoms with E-state index in [1.54, 1.807) is 32.2 Å². The molecule has 1 saturated heterocycles.